The van der Waals surface area contributed by atoms with E-state index >= 15 is 4.39 Å². The average Bonchev–Trinajstić information content (AvgIpc) is 3.68. The minimum absolute atomic E-state index is 0.0261. The van der Waals surface area contributed by atoms with Crippen LogP contribution in [0.25, 0.3) is 11.8 Å². The molecule has 7 rings (SSSR count). The summed E-state index contributed by atoms with van der Waals surface area (Å²) in [5, 5.41) is 15.8. The van der Waals surface area contributed by atoms with Crippen LogP contribution >= 0.6 is 12.6 Å². The summed E-state index contributed by atoms with van der Waals surface area (Å²) in [5.41, 5.74) is -2.35. The number of rotatable bonds is 4. The maximum Gasteiger partial charge on any atom is 0.312 e. The maximum absolute atomic E-state index is 18.0. The lowest BCUT2D eigenvalue weighted by atomic mass is 9.44. The van der Waals surface area contributed by atoms with Gasteiger partial charge >= 0.3 is 5.97 Å². The summed E-state index contributed by atoms with van der Waals surface area (Å²) in [6.07, 6.45) is 6.36. The Balaban J connectivity index is 1.24. The summed E-state index contributed by atoms with van der Waals surface area (Å²) in [6.45, 7) is 4.47. The van der Waals surface area contributed by atoms with E-state index in [1.54, 1.807) is 16.9 Å². The van der Waals surface area contributed by atoms with Crippen molar-refractivity contribution in [1.82, 2.24) is 14.8 Å². The molecule has 1 unspecified atom stereocenters. The standard InChI is InChI=1S/C31H35F2N3O5S/c1-28-12-18-14-35-36(20-4-6-25(32)34-15-20)23(18)11-19(28)3-5-22-21-7-9-30(27(39)42,41-26(38)17-8-10-40-16-17)29(21,2)13-24(37)31(22,28)33/h4,6,11,14-15,17,21-22,24,37H,3,5,7-10,12-13,16H2,1-2H3,(H,39,42)/t17?,21-,22-,24-,28-,29-,30-,31-/m0/s1. The monoisotopic (exact) mass is 599 g/mol. The Bertz CT molecular complexity index is 1490. The van der Waals surface area contributed by atoms with E-state index in [0.717, 1.165) is 16.8 Å². The highest BCUT2D eigenvalue weighted by Crippen LogP contribution is 2.71. The van der Waals surface area contributed by atoms with Gasteiger partial charge in [-0.1, -0.05) is 19.4 Å². The van der Waals surface area contributed by atoms with E-state index in [-0.39, 0.29) is 25.4 Å². The molecule has 224 valence electrons. The number of alkyl halides is 1. The van der Waals surface area contributed by atoms with Gasteiger partial charge in [0, 0.05) is 23.4 Å². The number of pyridine rings is 1. The molecule has 2 aromatic rings. The van der Waals surface area contributed by atoms with Crippen LogP contribution < -0.4 is 0 Å². The molecule has 4 fully saturated rings. The van der Waals surface area contributed by atoms with Gasteiger partial charge in [-0.05, 0) is 74.6 Å². The smallest absolute Gasteiger partial charge is 0.312 e. The van der Waals surface area contributed by atoms with Crippen LogP contribution in [-0.2, 0) is 25.5 Å². The number of nitrogens with zero attached hydrogens (tertiary/aromatic N) is 3. The minimum atomic E-state index is -1.97. The van der Waals surface area contributed by atoms with Gasteiger partial charge in [0.2, 0.25) is 11.1 Å². The normalized spacial score (nSPS) is 40.4. The van der Waals surface area contributed by atoms with Gasteiger partial charge in [-0.15, -0.1) is 12.6 Å². The molecule has 3 saturated carbocycles. The van der Waals surface area contributed by atoms with E-state index in [1.807, 2.05) is 19.9 Å². The number of ether oxygens (including phenoxy) is 2. The molecule has 11 heteroatoms. The van der Waals surface area contributed by atoms with Gasteiger partial charge in [-0.25, -0.2) is 14.1 Å². The number of esters is 1. The lowest BCUT2D eigenvalue weighted by molar-refractivity contribution is -0.229. The van der Waals surface area contributed by atoms with Crippen molar-refractivity contribution in [1.29, 1.82) is 0 Å². The lowest BCUT2D eigenvalue weighted by Gasteiger charge is -2.63. The van der Waals surface area contributed by atoms with Crippen molar-refractivity contribution < 1.29 is 33.0 Å². The van der Waals surface area contributed by atoms with E-state index in [9.17, 15) is 19.1 Å². The van der Waals surface area contributed by atoms with Gasteiger partial charge in [0.05, 0.1) is 42.4 Å². The molecular formula is C31H35F2N3O5S. The fourth-order valence-electron chi connectivity index (χ4n) is 9.28. The van der Waals surface area contributed by atoms with E-state index in [0.29, 0.717) is 44.4 Å². The van der Waals surface area contributed by atoms with Crippen LogP contribution in [0.2, 0.25) is 0 Å². The first-order valence-corrected chi connectivity index (χ1v) is 15.2. The van der Waals surface area contributed by atoms with E-state index in [2.05, 4.69) is 22.7 Å². The molecule has 42 heavy (non-hydrogen) atoms. The van der Waals surface area contributed by atoms with Crippen molar-refractivity contribution in [2.45, 2.75) is 76.2 Å². The highest BCUT2D eigenvalue weighted by Gasteiger charge is 2.75. The third-order valence-corrected chi connectivity index (χ3v) is 11.9. The Morgan fingerprint density at radius 1 is 1.19 bits per heavy atom. The Morgan fingerprint density at radius 3 is 2.69 bits per heavy atom. The first kappa shape index (κ1) is 28.2. The molecule has 8 nitrogen and oxygen atoms in total. The number of hydrogen-bond acceptors (Lipinski definition) is 7. The number of carbonyl (C=O) groups excluding carboxylic acids is 2. The van der Waals surface area contributed by atoms with Crippen LogP contribution in [0.15, 0.2) is 30.1 Å². The van der Waals surface area contributed by atoms with Crippen molar-refractivity contribution in [3.8, 4) is 5.69 Å². The molecule has 1 aliphatic heterocycles. The van der Waals surface area contributed by atoms with Crippen molar-refractivity contribution in [3.05, 3.63) is 47.3 Å². The van der Waals surface area contributed by atoms with Crippen molar-refractivity contribution >= 4 is 29.8 Å². The van der Waals surface area contributed by atoms with Crippen LogP contribution in [0.1, 0.15) is 63.6 Å². The van der Waals surface area contributed by atoms with E-state index < -0.39 is 57.1 Å². The summed E-state index contributed by atoms with van der Waals surface area (Å²) in [4.78, 5) is 30.1. The summed E-state index contributed by atoms with van der Waals surface area (Å²) in [6, 6.07) is 2.87. The number of aliphatic hydroxyl groups is 1. The fourth-order valence-corrected chi connectivity index (χ4v) is 9.69. The largest absolute Gasteiger partial charge is 0.449 e. The Kier molecular flexibility index (Phi) is 6.32. The van der Waals surface area contributed by atoms with Gasteiger partial charge < -0.3 is 14.6 Å². The molecule has 0 amide bonds. The molecule has 0 spiro atoms. The van der Waals surface area contributed by atoms with Crippen molar-refractivity contribution in [2.24, 2.45) is 28.6 Å². The second kappa shape index (κ2) is 9.43. The van der Waals surface area contributed by atoms with Crippen LogP contribution in [0.4, 0.5) is 8.78 Å². The van der Waals surface area contributed by atoms with Crippen LogP contribution in [0, 0.1) is 34.5 Å². The fraction of sp³-hybridized carbons (Fsp3) is 0.613. The molecule has 3 heterocycles. The van der Waals surface area contributed by atoms with E-state index in [1.165, 1.54) is 12.3 Å². The summed E-state index contributed by atoms with van der Waals surface area (Å²) in [5.74, 6) is -2.36. The van der Waals surface area contributed by atoms with Gasteiger partial charge in [0.25, 0.3) is 0 Å². The number of thiol groups is 1. The third kappa shape index (κ3) is 3.59. The predicted octanol–water partition coefficient (Wildman–Crippen LogP) is 4.43. The Hall–Kier alpha value is -2.63. The molecule has 1 saturated heterocycles. The van der Waals surface area contributed by atoms with Crippen LogP contribution in [0.5, 0.6) is 0 Å². The third-order valence-electron chi connectivity index (χ3n) is 11.5. The minimum Gasteiger partial charge on any atom is -0.449 e. The highest BCUT2D eigenvalue weighted by atomic mass is 32.1. The topological polar surface area (TPSA) is 104 Å². The molecular weight excluding hydrogens is 564 g/mol. The Morgan fingerprint density at radius 2 is 2.00 bits per heavy atom. The molecule has 2 aromatic heterocycles. The second-order valence-corrected chi connectivity index (χ2v) is 13.7. The summed E-state index contributed by atoms with van der Waals surface area (Å²) in [7, 11) is 0. The molecule has 1 N–H and O–H groups in total. The SMILES string of the molecule is C[C@]12Cc3cnn(-c4ccc(F)nc4)c3C=C1CC[C@H]1[C@@H]3CC[C@](OC(=O)C4CCOC4)(C(=O)S)[C@@]3(C)C[C@H](O)[C@@]12F. The zero-order valence-electron chi connectivity index (χ0n) is 23.7. The van der Waals surface area contributed by atoms with E-state index in [4.69, 9.17) is 9.47 Å². The molecule has 0 radical (unpaired) electrons. The van der Waals surface area contributed by atoms with Crippen LogP contribution in [0.3, 0.4) is 0 Å². The van der Waals surface area contributed by atoms with Gasteiger partial charge in [0.15, 0.2) is 5.60 Å². The molecule has 0 bridgehead atoms. The highest BCUT2D eigenvalue weighted by molar-refractivity contribution is 7.96. The molecule has 5 aliphatic rings. The average molecular weight is 600 g/mol. The molecule has 8 atom stereocenters. The number of fused-ring (bicyclic) bond motifs is 6. The lowest BCUT2D eigenvalue weighted by Crippen LogP contribution is -2.70. The van der Waals surface area contributed by atoms with Gasteiger partial charge in [0.1, 0.15) is 5.67 Å². The predicted molar refractivity (Wildman–Crippen MR) is 151 cm³/mol. The maximum atomic E-state index is 18.0. The summed E-state index contributed by atoms with van der Waals surface area (Å²) < 4.78 is 44.6. The quantitative estimate of drug-likeness (QED) is 0.305. The number of allylic oxidation sites excluding steroid dienone is 1. The number of aromatic nitrogens is 3. The first-order valence-electron chi connectivity index (χ1n) is 14.8. The van der Waals surface area contributed by atoms with Gasteiger partial charge in [-0.2, -0.15) is 9.49 Å². The van der Waals surface area contributed by atoms with Crippen LogP contribution in [-0.4, -0.2) is 61.5 Å². The number of hydrogen-bond donors (Lipinski definition) is 2. The Labute approximate surface area is 248 Å². The number of aliphatic hydroxyl groups excluding tert-OH is 1. The first-order chi connectivity index (χ1) is 19.9. The molecule has 4 aliphatic carbocycles. The van der Waals surface area contributed by atoms with Gasteiger partial charge in [-0.3, -0.25) is 9.59 Å². The second-order valence-electron chi connectivity index (χ2n) is 13.3. The number of carbonyl (C=O) groups is 2. The summed E-state index contributed by atoms with van der Waals surface area (Å²) >= 11 is 4.23. The zero-order valence-corrected chi connectivity index (χ0v) is 24.6. The van der Waals surface area contributed by atoms with Crippen molar-refractivity contribution in [2.75, 3.05) is 13.2 Å². The van der Waals surface area contributed by atoms with Crippen molar-refractivity contribution in [3.63, 3.8) is 0 Å². The number of halogens is 2. The zero-order chi connectivity index (χ0) is 29.7. The molecule has 0 aromatic carbocycles.